The van der Waals surface area contributed by atoms with Crippen molar-refractivity contribution in [2.45, 2.75) is 18.7 Å². The molecule has 8 heteroatoms. The number of carbonyl (C=O) groups is 1. The van der Waals surface area contributed by atoms with Crippen molar-refractivity contribution in [1.29, 1.82) is 0 Å². The predicted molar refractivity (Wildman–Crippen MR) is 81.6 cm³/mol. The molecular weight excluding hydrogens is 316 g/mol. The van der Waals surface area contributed by atoms with Gasteiger partial charge in [-0.15, -0.1) is 0 Å². The van der Waals surface area contributed by atoms with E-state index in [-0.39, 0.29) is 16.5 Å². The molecule has 6 nitrogen and oxygen atoms in total. The lowest BCUT2D eigenvalue weighted by atomic mass is 10.2. The molecule has 0 fully saturated rings. The van der Waals surface area contributed by atoms with Crippen molar-refractivity contribution in [3.8, 4) is 0 Å². The Morgan fingerprint density at radius 3 is 2.52 bits per heavy atom. The van der Waals surface area contributed by atoms with Crippen molar-refractivity contribution >= 4 is 33.3 Å². The van der Waals surface area contributed by atoms with E-state index in [9.17, 15) is 13.2 Å². The SMILES string of the molecule is COC(=O)C(C)CN(C)S(=O)(=O)c1cc(N)c(C)c(Cl)c1. The summed E-state index contributed by atoms with van der Waals surface area (Å²) in [5.74, 6) is -1.05. The first-order valence-electron chi connectivity index (χ1n) is 6.21. The number of halogens is 1. The van der Waals surface area contributed by atoms with Gasteiger partial charge in [0.25, 0.3) is 0 Å². The standard InChI is InChI=1S/C13H19ClN2O4S/c1-8(13(17)20-4)7-16(3)21(18,19)10-5-11(14)9(2)12(15)6-10/h5-6,8H,7,15H2,1-4H3. The largest absolute Gasteiger partial charge is 0.469 e. The van der Waals surface area contributed by atoms with Gasteiger partial charge in [-0.05, 0) is 24.6 Å². The van der Waals surface area contributed by atoms with Gasteiger partial charge in [-0.1, -0.05) is 18.5 Å². The Balaban J connectivity index is 3.08. The van der Waals surface area contributed by atoms with Crippen LogP contribution in [0.5, 0.6) is 0 Å². The van der Waals surface area contributed by atoms with Gasteiger partial charge < -0.3 is 10.5 Å². The summed E-state index contributed by atoms with van der Waals surface area (Å²) in [6, 6.07) is 2.71. The van der Waals surface area contributed by atoms with Crippen LogP contribution in [0.25, 0.3) is 0 Å². The van der Waals surface area contributed by atoms with E-state index in [1.807, 2.05) is 0 Å². The summed E-state index contributed by atoms with van der Waals surface area (Å²) in [7, 11) is -1.13. The summed E-state index contributed by atoms with van der Waals surface area (Å²) < 4.78 is 30.6. The minimum absolute atomic E-state index is 0.000404. The van der Waals surface area contributed by atoms with E-state index < -0.39 is 21.9 Å². The van der Waals surface area contributed by atoms with E-state index in [1.54, 1.807) is 13.8 Å². The number of nitrogens with zero attached hydrogens (tertiary/aromatic N) is 1. The smallest absolute Gasteiger partial charge is 0.309 e. The number of anilines is 1. The minimum atomic E-state index is -3.78. The lowest BCUT2D eigenvalue weighted by Gasteiger charge is -2.20. The first kappa shape index (κ1) is 17.7. The molecule has 1 aromatic rings. The highest BCUT2D eigenvalue weighted by Crippen LogP contribution is 2.27. The van der Waals surface area contributed by atoms with E-state index in [2.05, 4.69) is 4.74 Å². The molecular formula is C13H19ClN2O4S. The molecule has 0 spiro atoms. The van der Waals surface area contributed by atoms with E-state index in [0.717, 1.165) is 4.31 Å². The highest BCUT2D eigenvalue weighted by atomic mass is 35.5. The number of hydrogen-bond donors (Lipinski definition) is 1. The molecule has 0 aliphatic carbocycles. The fraction of sp³-hybridized carbons (Fsp3) is 0.462. The predicted octanol–water partition coefficient (Wildman–Crippen LogP) is 1.66. The van der Waals surface area contributed by atoms with Crippen LogP contribution in [-0.2, 0) is 19.6 Å². The molecule has 118 valence electrons. The third kappa shape index (κ3) is 3.87. The van der Waals surface area contributed by atoms with Crippen molar-refractivity contribution in [2.75, 3.05) is 26.4 Å². The molecule has 0 radical (unpaired) electrons. The average molecular weight is 335 g/mol. The maximum Gasteiger partial charge on any atom is 0.309 e. The van der Waals surface area contributed by atoms with E-state index in [1.165, 1.54) is 26.3 Å². The van der Waals surface area contributed by atoms with Crippen LogP contribution in [0.1, 0.15) is 12.5 Å². The van der Waals surface area contributed by atoms with Crippen LogP contribution >= 0.6 is 11.6 Å². The molecule has 1 aromatic carbocycles. The molecule has 0 saturated heterocycles. The van der Waals surface area contributed by atoms with Gasteiger partial charge >= 0.3 is 5.97 Å². The number of esters is 1. The number of nitrogen functional groups attached to an aromatic ring is 1. The number of carbonyl (C=O) groups excluding carboxylic acids is 1. The maximum absolute atomic E-state index is 12.5. The Hall–Kier alpha value is -1.31. The molecule has 0 aliphatic heterocycles. The van der Waals surface area contributed by atoms with E-state index in [4.69, 9.17) is 17.3 Å². The normalized spacial score (nSPS) is 13.2. The lowest BCUT2D eigenvalue weighted by molar-refractivity contribution is -0.144. The van der Waals surface area contributed by atoms with Gasteiger partial charge in [0, 0.05) is 24.3 Å². The molecule has 1 atom stereocenters. The van der Waals surface area contributed by atoms with Crippen LogP contribution in [0, 0.1) is 12.8 Å². The molecule has 2 N–H and O–H groups in total. The summed E-state index contributed by atoms with van der Waals surface area (Å²) in [6.07, 6.45) is 0. The molecule has 0 saturated carbocycles. The van der Waals surface area contributed by atoms with Gasteiger partial charge in [0.15, 0.2) is 0 Å². The molecule has 1 unspecified atom stereocenters. The molecule has 0 aromatic heterocycles. The number of nitrogens with two attached hydrogens (primary N) is 1. The van der Waals surface area contributed by atoms with Crippen LogP contribution in [0.4, 0.5) is 5.69 Å². The molecule has 0 amide bonds. The van der Waals surface area contributed by atoms with Crippen molar-refractivity contribution < 1.29 is 17.9 Å². The number of benzene rings is 1. The number of methoxy groups -OCH3 is 1. The first-order valence-corrected chi connectivity index (χ1v) is 8.02. The lowest BCUT2D eigenvalue weighted by Crippen LogP contribution is -2.34. The van der Waals surface area contributed by atoms with Crippen molar-refractivity contribution in [3.63, 3.8) is 0 Å². The van der Waals surface area contributed by atoms with Crippen LogP contribution in [0.2, 0.25) is 5.02 Å². The second-order valence-electron chi connectivity index (χ2n) is 4.83. The highest BCUT2D eigenvalue weighted by Gasteiger charge is 2.26. The van der Waals surface area contributed by atoms with E-state index >= 15 is 0 Å². The number of hydrogen-bond acceptors (Lipinski definition) is 5. The molecule has 21 heavy (non-hydrogen) atoms. The monoisotopic (exact) mass is 334 g/mol. The van der Waals surface area contributed by atoms with Gasteiger partial charge in [0.1, 0.15) is 0 Å². The van der Waals surface area contributed by atoms with Gasteiger partial charge in [-0.3, -0.25) is 4.79 Å². The Labute approximate surface area is 129 Å². The number of sulfonamides is 1. The highest BCUT2D eigenvalue weighted by molar-refractivity contribution is 7.89. The Bertz CT molecular complexity index is 623. The zero-order chi connectivity index (χ0) is 16.4. The minimum Gasteiger partial charge on any atom is -0.469 e. The quantitative estimate of drug-likeness (QED) is 0.653. The second-order valence-corrected chi connectivity index (χ2v) is 7.28. The molecule has 0 aliphatic rings. The van der Waals surface area contributed by atoms with Gasteiger partial charge in [-0.25, -0.2) is 12.7 Å². The summed E-state index contributed by atoms with van der Waals surface area (Å²) in [5, 5.41) is 0.281. The van der Waals surface area contributed by atoms with Crippen molar-refractivity contribution in [3.05, 3.63) is 22.7 Å². The Morgan fingerprint density at radius 1 is 1.48 bits per heavy atom. The maximum atomic E-state index is 12.5. The molecule has 1 rings (SSSR count). The van der Waals surface area contributed by atoms with Crippen LogP contribution in [0.15, 0.2) is 17.0 Å². The fourth-order valence-corrected chi connectivity index (χ4v) is 3.38. The van der Waals surface area contributed by atoms with Gasteiger partial charge in [0.05, 0.1) is 17.9 Å². The van der Waals surface area contributed by atoms with Crippen LogP contribution < -0.4 is 5.73 Å². The first-order chi connectivity index (χ1) is 9.61. The zero-order valence-electron chi connectivity index (χ0n) is 12.4. The number of rotatable bonds is 5. The van der Waals surface area contributed by atoms with E-state index in [0.29, 0.717) is 11.3 Å². The Kier molecular flexibility index (Phi) is 5.61. The second kappa shape index (κ2) is 6.64. The van der Waals surface area contributed by atoms with Gasteiger partial charge in [-0.2, -0.15) is 0 Å². The molecule has 0 heterocycles. The van der Waals surface area contributed by atoms with Crippen LogP contribution in [-0.4, -0.2) is 39.4 Å². The van der Waals surface area contributed by atoms with Crippen LogP contribution in [0.3, 0.4) is 0 Å². The van der Waals surface area contributed by atoms with Crippen molar-refractivity contribution in [2.24, 2.45) is 5.92 Å². The summed E-state index contributed by atoms with van der Waals surface area (Å²) in [6.45, 7) is 3.30. The van der Waals surface area contributed by atoms with Gasteiger partial charge in [0.2, 0.25) is 10.0 Å². The molecule has 0 bridgehead atoms. The third-order valence-electron chi connectivity index (χ3n) is 3.20. The average Bonchev–Trinajstić information content (AvgIpc) is 2.42. The van der Waals surface area contributed by atoms with Crippen molar-refractivity contribution in [1.82, 2.24) is 4.31 Å². The topological polar surface area (TPSA) is 89.7 Å². The zero-order valence-corrected chi connectivity index (χ0v) is 14.0. The Morgan fingerprint density at radius 2 is 2.05 bits per heavy atom. The third-order valence-corrected chi connectivity index (χ3v) is 5.39. The number of ether oxygens (including phenoxy) is 1. The fourth-order valence-electron chi connectivity index (χ4n) is 1.76. The summed E-state index contributed by atoms with van der Waals surface area (Å²) >= 11 is 5.97. The summed E-state index contributed by atoms with van der Waals surface area (Å²) in [5.41, 5.74) is 6.68. The summed E-state index contributed by atoms with van der Waals surface area (Å²) in [4.78, 5) is 11.4.